The molecular formula is C32H35F6N3O3. The Hall–Kier alpha value is -3.19. The van der Waals surface area contributed by atoms with Crippen molar-refractivity contribution in [3.05, 3.63) is 82.9 Å². The van der Waals surface area contributed by atoms with E-state index in [4.69, 9.17) is 9.47 Å². The normalized spacial score (nSPS) is 20.8. The second kappa shape index (κ2) is 13.4. The zero-order chi connectivity index (χ0) is 31.5. The highest BCUT2D eigenvalue weighted by molar-refractivity contribution is 5.95. The first-order valence-electron chi connectivity index (χ1n) is 14.5. The van der Waals surface area contributed by atoms with Crippen LogP contribution in [-0.4, -0.2) is 98.9 Å². The molecule has 2 saturated heterocycles. The van der Waals surface area contributed by atoms with Crippen LogP contribution in [0.2, 0.25) is 0 Å². The lowest BCUT2D eigenvalue weighted by atomic mass is 9.97. The number of methoxy groups -OCH3 is 1. The number of morpholine rings is 1. The highest BCUT2D eigenvalue weighted by Gasteiger charge is 2.39. The minimum atomic E-state index is -5.04. The number of piperazine rings is 1. The second-order valence-corrected chi connectivity index (χ2v) is 11.4. The predicted octanol–water partition coefficient (Wildman–Crippen LogP) is 5.59. The molecule has 0 radical (unpaired) electrons. The molecule has 0 unspecified atom stereocenters. The molecule has 6 nitrogen and oxygen atoms in total. The summed E-state index contributed by atoms with van der Waals surface area (Å²) in [5.74, 6) is -0.845. The summed E-state index contributed by atoms with van der Waals surface area (Å²) in [6.07, 6.45) is -9.70. The second-order valence-electron chi connectivity index (χ2n) is 11.4. The van der Waals surface area contributed by atoms with E-state index in [2.05, 4.69) is 9.80 Å². The van der Waals surface area contributed by atoms with Crippen LogP contribution in [0.1, 0.15) is 27.0 Å². The van der Waals surface area contributed by atoms with Crippen molar-refractivity contribution in [2.45, 2.75) is 30.9 Å². The number of ether oxygens (including phenoxy) is 2. The molecule has 0 aromatic heterocycles. The SMILES string of the molecule is COC[C@@H]1CN(CCN2CCN(C(=O)c3cc(C(F)(F)F)cc(C(F)(F)F)c3)[C@H](Cc3ccc4ccccc4c3)C2)CCO1. The summed E-state index contributed by atoms with van der Waals surface area (Å²) in [5, 5.41) is 2.04. The van der Waals surface area contributed by atoms with Crippen LogP contribution in [0.25, 0.3) is 10.8 Å². The summed E-state index contributed by atoms with van der Waals surface area (Å²) >= 11 is 0. The fourth-order valence-electron chi connectivity index (χ4n) is 6.00. The van der Waals surface area contributed by atoms with E-state index in [0.717, 1.165) is 36.0 Å². The molecule has 0 N–H and O–H groups in total. The topological polar surface area (TPSA) is 45.2 Å². The number of carbonyl (C=O) groups excluding carboxylic acids is 1. The van der Waals surface area contributed by atoms with Gasteiger partial charge in [0.1, 0.15) is 0 Å². The minimum absolute atomic E-state index is 0.0158. The van der Waals surface area contributed by atoms with Crippen molar-refractivity contribution in [1.29, 1.82) is 0 Å². The summed E-state index contributed by atoms with van der Waals surface area (Å²) in [5.41, 5.74) is -2.71. The van der Waals surface area contributed by atoms with Crippen LogP contribution in [0, 0.1) is 0 Å². The van der Waals surface area contributed by atoms with Crippen molar-refractivity contribution in [3.8, 4) is 0 Å². The number of nitrogens with zero attached hydrogens (tertiary/aromatic N) is 3. The minimum Gasteiger partial charge on any atom is -0.382 e. The summed E-state index contributed by atoms with van der Waals surface area (Å²) in [6.45, 7) is 5.08. The number of halogens is 6. The molecule has 44 heavy (non-hydrogen) atoms. The Labute approximate surface area is 252 Å². The van der Waals surface area contributed by atoms with Crippen LogP contribution in [0.3, 0.4) is 0 Å². The van der Waals surface area contributed by atoms with E-state index in [9.17, 15) is 31.1 Å². The van der Waals surface area contributed by atoms with Crippen molar-refractivity contribution in [2.75, 3.05) is 66.1 Å². The number of rotatable bonds is 8. The summed E-state index contributed by atoms with van der Waals surface area (Å²) in [6, 6.07) is 14.3. The van der Waals surface area contributed by atoms with Crippen molar-refractivity contribution >= 4 is 16.7 Å². The molecule has 0 aliphatic carbocycles. The van der Waals surface area contributed by atoms with Gasteiger partial charge in [-0.1, -0.05) is 42.5 Å². The Morgan fingerprint density at radius 3 is 2.16 bits per heavy atom. The van der Waals surface area contributed by atoms with Gasteiger partial charge in [-0.25, -0.2) is 0 Å². The Morgan fingerprint density at radius 1 is 0.841 bits per heavy atom. The van der Waals surface area contributed by atoms with Gasteiger partial charge in [0.25, 0.3) is 5.91 Å². The standard InChI is InChI=1S/C32H35F6N3O3/c1-43-21-29-20-40(12-13-44-29)9-8-39-10-11-41(28(19-39)15-22-6-7-23-4-2-3-5-24(23)14-22)30(42)25-16-26(31(33,34)35)18-27(17-25)32(36,37)38/h2-7,14,16-18,28-29H,8-13,15,19-21H2,1H3/t28-,29+/m1/s1. The van der Waals surface area contributed by atoms with E-state index < -0.39 is 41.0 Å². The summed E-state index contributed by atoms with van der Waals surface area (Å²) < 4.78 is 92.4. The fourth-order valence-corrected chi connectivity index (χ4v) is 6.00. The lowest BCUT2D eigenvalue weighted by Crippen LogP contribution is -2.57. The largest absolute Gasteiger partial charge is 0.416 e. The Bertz CT molecular complexity index is 1410. The number of fused-ring (bicyclic) bond motifs is 1. The van der Waals surface area contributed by atoms with Crippen molar-refractivity contribution in [3.63, 3.8) is 0 Å². The molecule has 2 fully saturated rings. The third-order valence-electron chi connectivity index (χ3n) is 8.26. The summed E-state index contributed by atoms with van der Waals surface area (Å²) in [4.78, 5) is 19.6. The lowest BCUT2D eigenvalue weighted by molar-refractivity contribution is -0.143. The molecule has 0 spiro atoms. The van der Waals surface area contributed by atoms with Gasteiger partial charge in [-0.3, -0.25) is 14.6 Å². The Morgan fingerprint density at radius 2 is 1.50 bits per heavy atom. The number of hydrogen-bond donors (Lipinski definition) is 0. The lowest BCUT2D eigenvalue weighted by Gasteiger charge is -2.43. The average Bonchev–Trinajstić information content (AvgIpc) is 2.99. The molecule has 0 bridgehead atoms. The first-order valence-corrected chi connectivity index (χ1v) is 14.5. The van der Waals surface area contributed by atoms with E-state index in [1.165, 1.54) is 4.90 Å². The number of amides is 1. The quantitative estimate of drug-likeness (QED) is 0.306. The third-order valence-corrected chi connectivity index (χ3v) is 8.26. The fraction of sp³-hybridized carbons (Fsp3) is 0.469. The number of benzene rings is 3. The molecule has 3 aromatic carbocycles. The maximum atomic E-state index is 13.7. The van der Waals surface area contributed by atoms with Crippen molar-refractivity contribution in [1.82, 2.24) is 14.7 Å². The van der Waals surface area contributed by atoms with Gasteiger partial charge in [0.15, 0.2) is 0 Å². The molecule has 2 aliphatic heterocycles. The van der Waals surface area contributed by atoms with Gasteiger partial charge in [0.05, 0.1) is 30.4 Å². The third kappa shape index (κ3) is 7.90. The maximum absolute atomic E-state index is 13.7. The van der Waals surface area contributed by atoms with E-state index in [0.29, 0.717) is 51.4 Å². The zero-order valence-electron chi connectivity index (χ0n) is 24.3. The molecule has 238 valence electrons. The first kappa shape index (κ1) is 32.2. The zero-order valence-corrected chi connectivity index (χ0v) is 24.3. The smallest absolute Gasteiger partial charge is 0.382 e. The Kier molecular flexibility index (Phi) is 9.83. The number of alkyl halides is 6. The molecule has 5 rings (SSSR count). The molecule has 2 aliphatic rings. The van der Waals surface area contributed by atoms with Crippen molar-refractivity contribution < 1.29 is 40.6 Å². The maximum Gasteiger partial charge on any atom is 0.416 e. The highest BCUT2D eigenvalue weighted by Crippen LogP contribution is 2.37. The first-order chi connectivity index (χ1) is 20.9. The van der Waals surface area contributed by atoms with Gasteiger partial charge in [0.2, 0.25) is 0 Å². The van der Waals surface area contributed by atoms with Gasteiger partial charge in [-0.05, 0) is 41.0 Å². The van der Waals surface area contributed by atoms with Crippen LogP contribution in [0.15, 0.2) is 60.7 Å². The van der Waals surface area contributed by atoms with Crippen molar-refractivity contribution in [2.24, 2.45) is 0 Å². The molecule has 3 aromatic rings. The van der Waals surface area contributed by atoms with Gasteiger partial charge in [0, 0.05) is 64.5 Å². The van der Waals surface area contributed by atoms with E-state index in [1.807, 2.05) is 42.5 Å². The van der Waals surface area contributed by atoms with E-state index in [-0.39, 0.29) is 18.7 Å². The molecule has 12 heteroatoms. The highest BCUT2D eigenvalue weighted by atomic mass is 19.4. The van der Waals surface area contributed by atoms with Crippen LogP contribution >= 0.6 is 0 Å². The van der Waals surface area contributed by atoms with Crippen LogP contribution in [0.4, 0.5) is 26.3 Å². The van der Waals surface area contributed by atoms with E-state index >= 15 is 0 Å². The van der Waals surface area contributed by atoms with E-state index in [1.54, 1.807) is 7.11 Å². The molecular weight excluding hydrogens is 588 g/mol. The van der Waals surface area contributed by atoms with Gasteiger partial charge >= 0.3 is 12.4 Å². The van der Waals surface area contributed by atoms with Gasteiger partial charge in [-0.2, -0.15) is 26.3 Å². The molecule has 2 heterocycles. The van der Waals surface area contributed by atoms with Gasteiger partial charge in [-0.15, -0.1) is 0 Å². The predicted molar refractivity (Wildman–Crippen MR) is 153 cm³/mol. The van der Waals surface area contributed by atoms with Crippen LogP contribution < -0.4 is 0 Å². The Balaban J connectivity index is 1.38. The number of carbonyl (C=O) groups is 1. The molecule has 0 saturated carbocycles. The molecule has 2 atom stereocenters. The molecule has 1 amide bonds. The van der Waals surface area contributed by atoms with Gasteiger partial charge < -0.3 is 14.4 Å². The summed E-state index contributed by atoms with van der Waals surface area (Å²) in [7, 11) is 1.63. The van der Waals surface area contributed by atoms with Crippen LogP contribution in [0.5, 0.6) is 0 Å². The monoisotopic (exact) mass is 623 g/mol. The van der Waals surface area contributed by atoms with Crippen LogP contribution in [-0.2, 0) is 28.2 Å². The average molecular weight is 624 g/mol. The number of hydrogen-bond acceptors (Lipinski definition) is 5.